The summed E-state index contributed by atoms with van der Waals surface area (Å²) in [6.45, 7) is 3.66. The van der Waals surface area contributed by atoms with Gasteiger partial charge < -0.3 is 9.15 Å². The summed E-state index contributed by atoms with van der Waals surface area (Å²) < 4.78 is 12.6. The van der Waals surface area contributed by atoms with E-state index in [4.69, 9.17) is 9.15 Å². The van der Waals surface area contributed by atoms with Crippen LogP contribution in [0.4, 0.5) is 0 Å². The lowest BCUT2D eigenvalue weighted by Gasteiger charge is -2.03. The van der Waals surface area contributed by atoms with Gasteiger partial charge in [0.25, 0.3) is 5.56 Å². The molecule has 0 saturated heterocycles. The van der Waals surface area contributed by atoms with E-state index in [-0.39, 0.29) is 11.4 Å². The van der Waals surface area contributed by atoms with Gasteiger partial charge in [-0.05, 0) is 38.1 Å². The third-order valence-electron chi connectivity index (χ3n) is 4.88. The van der Waals surface area contributed by atoms with Gasteiger partial charge in [0.2, 0.25) is 5.89 Å². The molecule has 0 aliphatic carbocycles. The van der Waals surface area contributed by atoms with Crippen LogP contribution >= 0.6 is 0 Å². The van der Waals surface area contributed by atoms with Crippen molar-refractivity contribution in [1.82, 2.24) is 24.6 Å². The largest absolute Gasteiger partial charge is 0.494 e. The van der Waals surface area contributed by atoms with Gasteiger partial charge in [0.05, 0.1) is 24.1 Å². The normalized spacial score (nSPS) is 11.4. The molecule has 0 spiro atoms. The van der Waals surface area contributed by atoms with Gasteiger partial charge >= 0.3 is 0 Å². The summed E-state index contributed by atoms with van der Waals surface area (Å²) in [6, 6.07) is 11.0. The Morgan fingerprint density at radius 2 is 1.93 bits per heavy atom. The monoisotopic (exact) mass is 387 g/mol. The van der Waals surface area contributed by atoms with Crippen molar-refractivity contribution in [2.45, 2.75) is 13.8 Å². The SMILES string of the molecule is COc1cccc2oc(-c3c(C)nc4c(-c5ccccn5)c(C)[nH]n4c3=O)nc12. The zero-order valence-corrected chi connectivity index (χ0v) is 16.1. The van der Waals surface area contributed by atoms with Gasteiger partial charge in [-0.25, -0.2) is 14.5 Å². The zero-order valence-electron chi connectivity index (χ0n) is 16.1. The number of ether oxygens (including phenoxy) is 1. The quantitative estimate of drug-likeness (QED) is 0.509. The van der Waals surface area contributed by atoms with E-state index in [1.807, 2.05) is 31.2 Å². The van der Waals surface area contributed by atoms with Crippen LogP contribution in [0, 0.1) is 13.8 Å². The number of benzene rings is 1. The topological polar surface area (TPSA) is 98.3 Å². The maximum atomic E-state index is 13.3. The molecule has 144 valence electrons. The number of methoxy groups -OCH3 is 1. The van der Waals surface area contributed by atoms with E-state index in [0.717, 1.165) is 17.0 Å². The molecule has 0 unspecified atom stereocenters. The maximum absolute atomic E-state index is 13.3. The minimum absolute atomic E-state index is 0.209. The van der Waals surface area contributed by atoms with Gasteiger partial charge in [0.1, 0.15) is 11.3 Å². The highest BCUT2D eigenvalue weighted by molar-refractivity contribution is 5.83. The van der Waals surface area contributed by atoms with Crippen LogP contribution in [0.15, 0.2) is 51.8 Å². The highest BCUT2D eigenvalue weighted by Crippen LogP contribution is 2.31. The number of nitrogens with zero attached hydrogens (tertiary/aromatic N) is 4. The Balaban J connectivity index is 1.78. The van der Waals surface area contributed by atoms with Crippen LogP contribution in [-0.4, -0.2) is 31.7 Å². The predicted molar refractivity (Wildman–Crippen MR) is 108 cm³/mol. The number of pyridine rings is 1. The fraction of sp³-hybridized carbons (Fsp3) is 0.143. The molecular weight excluding hydrogens is 370 g/mol. The standard InChI is InChI=1S/C21H17N5O3/c1-11-17(20-24-18-14(28-3)8-6-9-15(18)29-20)21(27)26-19(23-11)16(12(2)25-26)13-7-4-5-10-22-13/h4-10,25H,1-3H3. The summed E-state index contributed by atoms with van der Waals surface area (Å²) in [7, 11) is 1.57. The lowest BCUT2D eigenvalue weighted by atomic mass is 10.1. The van der Waals surface area contributed by atoms with Crippen LogP contribution in [0.2, 0.25) is 0 Å². The molecule has 0 saturated carbocycles. The number of aromatic amines is 1. The van der Waals surface area contributed by atoms with E-state index >= 15 is 0 Å². The third-order valence-corrected chi connectivity index (χ3v) is 4.88. The van der Waals surface area contributed by atoms with Gasteiger partial charge in [-0.2, -0.15) is 0 Å². The van der Waals surface area contributed by atoms with Gasteiger partial charge in [0.15, 0.2) is 16.7 Å². The average Bonchev–Trinajstić information content (AvgIpc) is 3.29. The number of aromatic nitrogens is 5. The first-order chi connectivity index (χ1) is 14.1. The molecule has 8 heteroatoms. The predicted octanol–water partition coefficient (Wildman–Crippen LogP) is 3.52. The smallest absolute Gasteiger partial charge is 0.285 e. The number of nitrogens with one attached hydrogen (secondary N) is 1. The second kappa shape index (κ2) is 6.30. The van der Waals surface area contributed by atoms with E-state index in [1.165, 1.54) is 4.52 Å². The number of oxazole rings is 1. The molecule has 1 N–H and O–H groups in total. The number of hydrogen-bond donors (Lipinski definition) is 1. The van der Waals surface area contributed by atoms with Gasteiger partial charge in [0, 0.05) is 11.9 Å². The van der Waals surface area contributed by atoms with E-state index in [1.54, 1.807) is 32.4 Å². The Morgan fingerprint density at radius 3 is 2.69 bits per heavy atom. The first-order valence-electron chi connectivity index (χ1n) is 9.05. The number of hydrogen-bond acceptors (Lipinski definition) is 6. The van der Waals surface area contributed by atoms with Crippen molar-refractivity contribution >= 4 is 16.7 Å². The van der Waals surface area contributed by atoms with Crippen LogP contribution in [0.5, 0.6) is 5.75 Å². The van der Waals surface area contributed by atoms with Crippen molar-refractivity contribution in [3.63, 3.8) is 0 Å². The molecule has 5 rings (SSSR count). The Labute approximate surface area is 164 Å². The molecule has 0 atom stereocenters. The number of para-hydroxylation sites is 1. The Kier molecular flexibility index (Phi) is 3.73. The second-order valence-corrected chi connectivity index (χ2v) is 6.69. The average molecular weight is 387 g/mol. The first-order valence-corrected chi connectivity index (χ1v) is 9.05. The number of rotatable bonds is 3. The van der Waals surface area contributed by atoms with Crippen molar-refractivity contribution in [2.75, 3.05) is 7.11 Å². The minimum Gasteiger partial charge on any atom is -0.494 e. The lowest BCUT2D eigenvalue weighted by molar-refractivity contribution is 0.419. The van der Waals surface area contributed by atoms with E-state index in [0.29, 0.717) is 33.8 Å². The van der Waals surface area contributed by atoms with Crippen molar-refractivity contribution in [3.8, 4) is 28.5 Å². The van der Waals surface area contributed by atoms with Crippen LogP contribution < -0.4 is 10.3 Å². The van der Waals surface area contributed by atoms with Crippen molar-refractivity contribution in [1.29, 1.82) is 0 Å². The zero-order chi connectivity index (χ0) is 20.1. The molecular formula is C21H17N5O3. The summed E-state index contributed by atoms with van der Waals surface area (Å²) in [4.78, 5) is 26.9. The summed E-state index contributed by atoms with van der Waals surface area (Å²) >= 11 is 0. The minimum atomic E-state index is -0.289. The van der Waals surface area contributed by atoms with Crippen LogP contribution in [-0.2, 0) is 0 Å². The van der Waals surface area contributed by atoms with Gasteiger partial charge in [-0.3, -0.25) is 14.9 Å². The second-order valence-electron chi connectivity index (χ2n) is 6.69. The molecule has 4 heterocycles. The van der Waals surface area contributed by atoms with Crippen LogP contribution in [0.1, 0.15) is 11.4 Å². The highest BCUT2D eigenvalue weighted by atomic mass is 16.5. The van der Waals surface area contributed by atoms with E-state index in [2.05, 4.69) is 20.1 Å². The molecule has 0 amide bonds. The summed E-state index contributed by atoms with van der Waals surface area (Å²) in [5, 5.41) is 3.10. The summed E-state index contributed by atoms with van der Waals surface area (Å²) in [5.41, 5.74) is 4.48. The Bertz CT molecular complexity index is 1430. The molecule has 0 radical (unpaired) electrons. The highest BCUT2D eigenvalue weighted by Gasteiger charge is 2.22. The van der Waals surface area contributed by atoms with E-state index < -0.39 is 0 Å². The first kappa shape index (κ1) is 17.2. The molecule has 5 aromatic rings. The van der Waals surface area contributed by atoms with E-state index in [9.17, 15) is 4.79 Å². The summed E-state index contributed by atoms with van der Waals surface area (Å²) in [5.74, 6) is 0.790. The number of H-pyrrole nitrogens is 1. The van der Waals surface area contributed by atoms with Crippen molar-refractivity contribution < 1.29 is 9.15 Å². The molecule has 0 fully saturated rings. The Morgan fingerprint density at radius 1 is 1.07 bits per heavy atom. The van der Waals surface area contributed by atoms with Gasteiger partial charge in [-0.15, -0.1) is 0 Å². The maximum Gasteiger partial charge on any atom is 0.285 e. The lowest BCUT2D eigenvalue weighted by Crippen LogP contribution is -2.19. The fourth-order valence-corrected chi connectivity index (χ4v) is 3.55. The number of aryl methyl sites for hydroxylation is 2. The van der Waals surface area contributed by atoms with Crippen molar-refractivity contribution in [2.24, 2.45) is 0 Å². The fourth-order valence-electron chi connectivity index (χ4n) is 3.55. The molecule has 4 aromatic heterocycles. The molecule has 0 bridgehead atoms. The summed E-state index contributed by atoms with van der Waals surface area (Å²) in [6.07, 6.45) is 1.71. The number of fused-ring (bicyclic) bond motifs is 2. The molecule has 0 aliphatic heterocycles. The molecule has 29 heavy (non-hydrogen) atoms. The van der Waals surface area contributed by atoms with Gasteiger partial charge in [-0.1, -0.05) is 12.1 Å². The molecule has 0 aliphatic rings. The molecule has 1 aromatic carbocycles. The Hall–Kier alpha value is -3.94. The van der Waals surface area contributed by atoms with Crippen LogP contribution in [0.3, 0.4) is 0 Å². The van der Waals surface area contributed by atoms with Crippen molar-refractivity contribution in [3.05, 3.63) is 64.3 Å². The molecule has 8 nitrogen and oxygen atoms in total. The van der Waals surface area contributed by atoms with Crippen LogP contribution in [0.25, 0.3) is 39.5 Å². The third kappa shape index (κ3) is 2.53.